The summed E-state index contributed by atoms with van der Waals surface area (Å²) in [5, 5.41) is 11.4. The van der Waals surface area contributed by atoms with E-state index in [-0.39, 0.29) is 35.2 Å². The van der Waals surface area contributed by atoms with E-state index in [0.29, 0.717) is 6.42 Å². The van der Waals surface area contributed by atoms with Crippen LogP contribution in [0.25, 0.3) is 0 Å². The maximum absolute atomic E-state index is 12.6. The van der Waals surface area contributed by atoms with Crippen LogP contribution >= 0.6 is 0 Å². The SMILES string of the molecule is CCN(CC)S(=O)(=O)c1ccc(OCC(=O)N(C)C2CCS(=O)(=O)C2)c([N+](=O)[O-])c1. The fourth-order valence-electron chi connectivity index (χ4n) is 3.16. The minimum atomic E-state index is -3.90. The van der Waals surface area contributed by atoms with Crippen molar-refractivity contribution in [2.75, 3.05) is 38.2 Å². The summed E-state index contributed by atoms with van der Waals surface area (Å²) in [5.74, 6) is -0.914. The Bertz CT molecular complexity index is 1020. The van der Waals surface area contributed by atoms with E-state index in [1.54, 1.807) is 13.8 Å². The van der Waals surface area contributed by atoms with Crippen molar-refractivity contribution < 1.29 is 31.3 Å². The molecule has 2 rings (SSSR count). The highest BCUT2D eigenvalue weighted by atomic mass is 32.2. The number of nitro benzene ring substituents is 1. The minimum Gasteiger partial charge on any atom is -0.477 e. The molecule has 1 saturated heterocycles. The van der Waals surface area contributed by atoms with E-state index in [9.17, 15) is 31.7 Å². The van der Waals surface area contributed by atoms with Crippen LogP contribution in [0.15, 0.2) is 23.1 Å². The summed E-state index contributed by atoms with van der Waals surface area (Å²) < 4.78 is 54.8. The Morgan fingerprint density at radius 2 is 1.93 bits per heavy atom. The molecule has 30 heavy (non-hydrogen) atoms. The van der Waals surface area contributed by atoms with Crippen LogP contribution in [0.2, 0.25) is 0 Å². The van der Waals surface area contributed by atoms with Crippen molar-refractivity contribution >= 4 is 31.5 Å². The molecule has 0 aliphatic carbocycles. The van der Waals surface area contributed by atoms with Crippen molar-refractivity contribution in [3.63, 3.8) is 0 Å². The van der Waals surface area contributed by atoms with Gasteiger partial charge in [-0.15, -0.1) is 0 Å². The third kappa shape index (κ3) is 5.26. The van der Waals surface area contributed by atoms with E-state index < -0.39 is 49.0 Å². The van der Waals surface area contributed by atoms with Gasteiger partial charge in [0.15, 0.2) is 22.2 Å². The van der Waals surface area contributed by atoms with Gasteiger partial charge in [-0.25, -0.2) is 16.8 Å². The molecule has 0 aromatic heterocycles. The highest BCUT2D eigenvalue weighted by Crippen LogP contribution is 2.31. The van der Waals surface area contributed by atoms with Gasteiger partial charge in [0.25, 0.3) is 5.91 Å². The summed E-state index contributed by atoms with van der Waals surface area (Å²) in [6.07, 6.45) is 0.322. The van der Waals surface area contributed by atoms with Gasteiger partial charge in [-0.2, -0.15) is 4.31 Å². The van der Waals surface area contributed by atoms with E-state index in [1.165, 1.54) is 22.3 Å². The number of ether oxygens (including phenoxy) is 1. The maximum atomic E-state index is 12.6. The molecule has 1 aromatic carbocycles. The van der Waals surface area contributed by atoms with E-state index in [4.69, 9.17) is 4.74 Å². The number of benzene rings is 1. The molecule has 168 valence electrons. The lowest BCUT2D eigenvalue weighted by Crippen LogP contribution is -2.40. The van der Waals surface area contributed by atoms with Gasteiger partial charge in [0, 0.05) is 32.2 Å². The first-order valence-electron chi connectivity index (χ1n) is 9.30. The van der Waals surface area contributed by atoms with Crippen molar-refractivity contribution in [1.82, 2.24) is 9.21 Å². The highest BCUT2D eigenvalue weighted by Gasteiger charge is 2.33. The van der Waals surface area contributed by atoms with Gasteiger partial charge < -0.3 is 9.64 Å². The Labute approximate surface area is 175 Å². The predicted octanol–water partition coefficient (Wildman–Crippen LogP) is 0.650. The second-order valence-corrected chi connectivity index (χ2v) is 11.0. The van der Waals surface area contributed by atoms with Crippen LogP contribution in [0.5, 0.6) is 5.75 Å². The van der Waals surface area contributed by atoms with Crippen LogP contribution < -0.4 is 4.74 Å². The number of sulfonamides is 1. The zero-order valence-electron chi connectivity index (χ0n) is 17.0. The highest BCUT2D eigenvalue weighted by molar-refractivity contribution is 7.91. The molecule has 0 saturated carbocycles. The number of nitrogens with zero attached hydrogens (tertiary/aromatic N) is 3. The van der Waals surface area contributed by atoms with E-state index >= 15 is 0 Å². The molecule has 1 amide bonds. The zero-order valence-corrected chi connectivity index (χ0v) is 18.6. The predicted molar refractivity (Wildman–Crippen MR) is 109 cm³/mol. The third-order valence-electron chi connectivity index (χ3n) is 4.97. The quantitative estimate of drug-likeness (QED) is 0.383. The zero-order chi connectivity index (χ0) is 22.7. The Balaban J connectivity index is 2.18. The van der Waals surface area contributed by atoms with Crippen molar-refractivity contribution in [2.24, 2.45) is 0 Å². The number of likely N-dealkylation sites (N-methyl/N-ethyl adjacent to an activating group) is 1. The fraction of sp³-hybridized carbons (Fsp3) is 0.588. The van der Waals surface area contributed by atoms with Gasteiger partial charge in [0.2, 0.25) is 10.0 Å². The second-order valence-electron chi connectivity index (χ2n) is 6.83. The summed E-state index contributed by atoms with van der Waals surface area (Å²) in [6.45, 7) is 3.19. The molecule has 1 aromatic rings. The Morgan fingerprint density at radius 1 is 1.30 bits per heavy atom. The molecule has 1 aliphatic heterocycles. The lowest BCUT2D eigenvalue weighted by atomic mass is 10.2. The molecule has 0 radical (unpaired) electrons. The molecule has 11 nitrogen and oxygen atoms in total. The number of nitro groups is 1. The number of hydrogen-bond acceptors (Lipinski definition) is 8. The minimum absolute atomic E-state index is 0.00406. The van der Waals surface area contributed by atoms with Gasteiger partial charge in [-0.1, -0.05) is 13.8 Å². The van der Waals surface area contributed by atoms with Gasteiger partial charge in [-0.3, -0.25) is 14.9 Å². The Kier molecular flexibility index (Phi) is 7.42. The molecule has 13 heteroatoms. The van der Waals surface area contributed by atoms with E-state index in [2.05, 4.69) is 0 Å². The molecule has 1 heterocycles. The average molecular weight is 464 g/mol. The first-order valence-corrected chi connectivity index (χ1v) is 12.6. The first kappa shape index (κ1) is 24.0. The van der Waals surface area contributed by atoms with Gasteiger partial charge in [0.05, 0.1) is 21.3 Å². The lowest BCUT2D eigenvalue weighted by Gasteiger charge is -2.23. The number of hydrogen-bond donors (Lipinski definition) is 0. The largest absolute Gasteiger partial charge is 0.477 e. The van der Waals surface area contributed by atoms with Crippen LogP contribution in [0.1, 0.15) is 20.3 Å². The van der Waals surface area contributed by atoms with Crippen LogP contribution in [-0.4, -0.2) is 81.2 Å². The summed E-state index contributed by atoms with van der Waals surface area (Å²) in [6, 6.07) is 2.76. The summed E-state index contributed by atoms with van der Waals surface area (Å²) in [5.41, 5.74) is -0.581. The molecule has 0 spiro atoms. The van der Waals surface area contributed by atoms with Crippen molar-refractivity contribution in [2.45, 2.75) is 31.2 Å². The maximum Gasteiger partial charge on any atom is 0.312 e. The average Bonchev–Trinajstić information content (AvgIpc) is 3.05. The molecule has 0 N–H and O–H groups in total. The molecule has 1 atom stereocenters. The third-order valence-corrected chi connectivity index (χ3v) is 8.77. The molecule has 0 bridgehead atoms. The molecule has 1 unspecified atom stereocenters. The second kappa shape index (κ2) is 9.27. The Morgan fingerprint density at radius 3 is 2.43 bits per heavy atom. The number of rotatable bonds is 9. The molecule has 1 aliphatic rings. The van der Waals surface area contributed by atoms with Gasteiger partial charge in [-0.05, 0) is 18.6 Å². The molecular formula is C17H25N3O8S2. The van der Waals surface area contributed by atoms with Gasteiger partial charge in [0.1, 0.15) is 0 Å². The standard InChI is InChI=1S/C17H25N3O8S2/c1-4-19(5-2)30(26,27)14-6-7-16(15(10-14)20(22)23)28-11-17(21)18(3)13-8-9-29(24,25)12-13/h6-7,10,13H,4-5,8-9,11-12H2,1-3H3. The van der Waals surface area contributed by atoms with Crippen molar-refractivity contribution in [1.29, 1.82) is 0 Å². The van der Waals surface area contributed by atoms with Crippen molar-refractivity contribution in [3.8, 4) is 5.75 Å². The topological polar surface area (TPSA) is 144 Å². The van der Waals surface area contributed by atoms with E-state index in [0.717, 1.165) is 12.1 Å². The fourth-order valence-corrected chi connectivity index (χ4v) is 6.41. The summed E-state index contributed by atoms with van der Waals surface area (Å²) >= 11 is 0. The van der Waals surface area contributed by atoms with E-state index in [1.807, 2.05) is 0 Å². The molecular weight excluding hydrogens is 438 g/mol. The van der Waals surface area contributed by atoms with Crippen LogP contribution in [-0.2, 0) is 24.7 Å². The molecule has 1 fully saturated rings. The number of carbonyl (C=O) groups excluding carboxylic acids is 1. The van der Waals surface area contributed by atoms with Crippen LogP contribution in [0.4, 0.5) is 5.69 Å². The Hall–Kier alpha value is -2.25. The normalized spacial score (nSPS) is 18.3. The lowest BCUT2D eigenvalue weighted by molar-refractivity contribution is -0.386. The summed E-state index contributed by atoms with van der Waals surface area (Å²) in [7, 11) is -5.62. The first-order chi connectivity index (χ1) is 13.9. The number of amides is 1. The van der Waals surface area contributed by atoms with Crippen LogP contribution in [0, 0.1) is 10.1 Å². The smallest absolute Gasteiger partial charge is 0.312 e. The van der Waals surface area contributed by atoms with Crippen molar-refractivity contribution in [3.05, 3.63) is 28.3 Å². The van der Waals surface area contributed by atoms with Gasteiger partial charge >= 0.3 is 5.69 Å². The number of carbonyl (C=O) groups is 1. The monoisotopic (exact) mass is 463 g/mol. The van der Waals surface area contributed by atoms with Crippen LogP contribution in [0.3, 0.4) is 0 Å². The summed E-state index contributed by atoms with van der Waals surface area (Å²) in [4.78, 5) is 24.0. The number of sulfone groups is 1.